The van der Waals surface area contributed by atoms with Gasteiger partial charge in [-0.25, -0.2) is 4.79 Å². The van der Waals surface area contributed by atoms with Gasteiger partial charge in [0.2, 0.25) is 5.91 Å². The summed E-state index contributed by atoms with van der Waals surface area (Å²) in [5, 5.41) is 9.28. The number of carbonyl (C=O) groups excluding carboxylic acids is 2. The first-order valence-corrected chi connectivity index (χ1v) is 4.16. The third-order valence-electron chi connectivity index (χ3n) is 1.65. The van der Waals surface area contributed by atoms with E-state index in [2.05, 4.69) is 5.73 Å². The number of aliphatic carboxylic acids is 1. The Bertz CT molecular complexity index is 367. The summed E-state index contributed by atoms with van der Waals surface area (Å²) in [4.78, 5) is 31.3. The van der Waals surface area contributed by atoms with Gasteiger partial charge in [-0.3, -0.25) is 9.59 Å². The van der Waals surface area contributed by atoms with Gasteiger partial charge in [-0.15, -0.1) is 0 Å². The first-order chi connectivity index (χ1) is 7.89. The van der Waals surface area contributed by atoms with E-state index in [1.165, 1.54) is 0 Å². The molecular formula is C7H7F5N2O4. The van der Waals surface area contributed by atoms with Crippen LogP contribution in [0.5, 0.6) is 0 Å². The van der Waals surface area contributed by atoms with Crippen LogP contribution in [-0.4, -0.2) is 41.0 Å². The topological polar surface area (TPSA) is 109 Å². The second-order valence-corrected chi connectivity index (χ2v) is 3.11. The minimum Gasteiger partial charge on any atom is -0.480 e. The van der Waals surface area contributed by atoms with Crippen molar-refractivity contribution in [2.75, 3.05) is 0 Å². The summed E-state index contributed by atoms with van der Waals surface area (Å²) in [6.45, 7) is 0. The lowest BCUT2D eigenvalue weighted by atomic mass is 10.2. The standard InChI is InChI=1S/C7H7F5N2O4/c8-6(9,7(10,11)12)5(18)14-2(4(16)17)1-3(13)15/h2H,1H2,(H2,13,15)(H,14,18)(H,16,17). The number of carboxylic acid groups (broad SMARTS) is 1. The quantitative estimate of drug-likeness (QED) is 0.596. The van der Waals surface area contributed by atoms with E-state index in [-0.39, 0.29) is 0 Å². The Hall–Kier alpha value is -1.94. The third-order valence-corrected chi connectivity index (χ3v) is 1.65. The Morgan fingerprint density at radius 2 is 1.61 bits per heavy atom. The molecule has 0 aromatic rings. The molecule has 1 atom stereocenters. The van der Waals surface area contributed by atoms with E-state index in [0.717, 1.165) is 5.32 Å². The molecule has 0 aliphatic heterocycles. The van der Waals surface area contributed by atoms with Crippen molar-refractivity contribution in [3.63, 3.8) is 0 Å². The normalized spacial score (nSPS) is 13.8. The Morgan fingerprint density at radius 3 is 1.89 bits per heavy atom. The first kappa shape index (κ1) is 16.1. The molecule has 0 heterocycles. The van der Waals surface area contributed by atoms with Crippen LogP contribution in [0.4, 0.5) is 22.0 Å². The average molecular weight is 278 g/mol. The highest BCUT2D eigenvalue weighted by atomic mass is 19.4. The van der Waals surface area contributed by atoms with E-state index in [9.17, 15) is 36.3 Å². The second kappa shape index (κ2) is 5.14. The fourth-order valence-corrected chi connectivity index (χ4v) is 0.779. The number of hydrogen-bond donors (Lipinski definition) is 3. The SMILES string of the molecule is NC(=O)CC(NC(=O)C(F)(F)C(F)(F)F)C(=O)O. The lowest BCUT2D eigenvalue weighted by Crippen LogP contribution is -2.55. The van der Waals surface area contributed by atoms with Crippen molar-refractivity contribution in [1.29, 1.82) is 0 Å². The van der Waals surface area contributed by atoms with Crippen LogP contribution in [0.2, 0.25) is 0 Å². The summed E-state index contributed by atoms with van der Waals surface area (Å²) in [5.41, 5.74) is 4.54. The molecular weight excluding hydrogens is 271 g/mol. The molecule has 104 valence electrons. The van der Waals surface area contributed by atoms with E-state index < -0.39 is 42.3 Å². The molecule has 0 fully saturated rings. The number of rotatable bonds is 5. The Balaban J connectivity index is 4.91. The minimum absolute atomic E-state index is 0.885. The highest BCUT2D eigenvalue weighted by Gasteiger charge is 2.63. The van der Waals surface area contributed by atoms with Gasteiger partial charge in [0.05, 0.1) is 6.42 Å². The summed E-state index contributed by atoms with van der Waals surface area (Å²) in [7, 11) is 0. The molecule has 0 aromatic carbocycles. The molecule has 18 heavy (non-hydrogen) atoms. The molecule has 2 amide bonds. The maximum Gasteiger partial charge on any atom is 0.463 e. The molecule has 0 radical (unpaired) electrons. The van der Waals surface area contributed by atoms with Gasteiger partial charge in [-0.1, -0.05) is 0 Å². The van der Waals surface area contributed by atoms with Crippen molar-refractivity contribution in [2.45, 2.75) is 24.6 Å². The fraction of sp³-hybridized carbons (Fsp3) is 0.571. The van der Waals surface area contributed by atoms with E-state index in [1.807, 2.05) is 0 Å². The number of carboxylic acids is 1. The van der Waals surface area contributed by atoms with Crippen molar-refractivity contribution in [3.05, 3.63) is 0 Å². The summed E-state index contributed by atoms with van der Waals surface area (Å²) in [6.07, 6.45) is -7.29. The van der Waals surface area contributed by atoms with Crippen LogP contribution in [0, 0.1) is 0 Å². The van der Waals surface area contributed by atoms with Gasteiger partial charge in [0, 0.05) is 0 Å². The molecule has 0 aliphatic carbocycles. The maximum absolute atomic E-state index is 12.4. The Morgan fingerprint density at radius 1 is 1.17 bits per heavy atom. The lowest BCUT2D eigenvalue weighted by molar-refractivity contribution is -0.270. The maximum atomic E-state index is 12.4. The molecule has 0 bridgehead atoms. The third kappa shape index (κ3) is 3.82. The molecule has 0 aliphatic rings. The second-order valence-electron chi connectivity index (χ2n) is 3.11. The number of primary amides is 1. The number of carbonyl (C=O) groups is 3. The van der Waals surface area contributed by atoms with Gasteiger partial charge >= 0.3 is 24.0 Å². The van der Waals surface area contributed by atoms with Crippen LogP contribution >= 0.6 is 0 Å². The highest BCUT2D eigenvalue weighted by Crippen LogP contribution is 2.35. The molecule has 11 heteroatoms. The van der Waals surface area contributed by atoms with Crippen LogP contribution in [0.25, 0.3) is 0 Å². The lowest BCUT2D eigenvalue weighted by Gasteiger charge is -2.21. The molecule has 4 N–H and O–H groups in total. The predicted octanol–water partition coefficient (Wildman–Crippen LogP) is -0.371. The van der Waals surface area contributed by atoms with Crippen LogP contribution < -0.4 is 11.1 Å². The minimum atomic E-state index is -6.17. The molecule has 0 rings (SSSR count). The van der Waals surface area contributed by atoms with Crippen molar-refractivity contribution in [3.8, 4) is 0 Å². The summed E-state index contributed by atoms with van der Waals surface area (Å²) < 4.78 is 60.1. The van der Waals surface area contributed by atoms with E-state index in [1.54, 1.807) is 0 Å². The van der Waals surface area contributed by atoms with E-state index in [0.29, 0.717) is 0 Å². The molecule has 0 saturated carbocycles. The van der Waals surface area contributed by atoms with Crippen LogP contribution in [-0.2, 0) is 14.4 Å². The predicted molar refractivity (Wildman–Crippen MR) is 44.4 cm³/mol. The molecule has 0 aromatic heterocycles. The first-order valence-electron chi connectivity index (χ1n) is 4.16. The Labute approximate surface area is 95.9 Å². The van der Waals surface area contributed by atoms with Crippen molar-refractivity contribution >= 4 is 17.8 Å². The highest BCUT2D eigenvalue weighted by molar-refractivity contribution is 5.91. The van der Waals surface area contributed by atoms with E-state index >= 15 is 0 Å². The summed E-state index contributed by atoms with van der Waals surface area (Å²) in [5.74, 6) is -11.9. The van der Waals surface area contributed by atoms with Gasteiger partial charge in [0.25, 0.3) is 0 Å². The van der Waals surface area contributed by atoms with Gasteiger partial charge in [0.1, 0.15) is 6.04 Å². The molecule has 0 spiro atoms. The van der Waals surface area contributed by atoms with Crippen molar-refractivity contribution < 1.29 is 41.4 Å². The summed E-state index contributed by atoms with van der Waals surface area (Å²) >= 11 is 0. The van der Waals surface area contributed by atoms with Crippen LogP contribution in [0.1, 0.15) is 6.42 Å². The Kier molecular flexibility index (Phi) is 4.59. The van der Waals surface area contributed by atoms with Gasteiger partial charge in [0.15, 0.2) is 0 Å². The summed E-state index contributed by atoms with van der Waals surface area (Å²) in [6, 6.07) is -2.26. The number of alkyl halides is 5. The van der Waals surface area contributed by atoms with Crippen LogP contribution in [0.3, 0.4) is 0 Å². The van der Waals surface area contributed by atoms with Crippen molar-refractivity contribution in [2.24, 2.45) is 5.73 Å². The number of hydrogen-bond acceptors (Lipinski definition) is 3. The largest absolute Gasteiger partial charge is 0.480 e. The number of nitrogens with two attached hydrogens (primary N) is 1. The fourth-order valence-electron chi connectivity index (χ4n) is 0.779. The molecule has 0 saturated heterocycles. The zero-order valence-corrected chi connectivity index (χ0v) is 8.42. The van der Waals surface area contributed by atoms with Crippen molar-refractivity contribution in [1.82, 2.24) is 5.32 Å². The van der Waals surface area contributed by atoms with Gasteiger partial charge in [-0.05, 0) is 0 Å². The number of amides is 2. The van der Waals surface area contributed by atoms with Crippen LogP contribution in [0.15, 0.2) is 0 Å². The molecule has 1 unspecified atom stereocenters. The number of nitrogens with one attached hydrogen (secondary N) is 1. The monoisotopic (exact) mass is 278 g/mol. The van der Waals surface area contributed by atoms with Gasteiger partial charge in [-0.2, -0.15) is 22.0 Å². The number of halogens is 5. The zero-order chi connectivity index (χ0) is 14.7. The average Bonchev–Trinajstić information content (AvgIpc) is 2.13. The molecule has 6 nitrogen and oxygen atoms in total. The zero-order valence-electron chi connectivity index (χ0n) is 8.42. The van der Waals surface area contributed by atoms with Gasteiger partial charge < -0.3 is 16.2 Å². The smallest absolute Gasteiger partial charge is 0.463 e. The van der Waals surface area contributed by atoms with E-state index in [4.69, 9.17) is 5.11 Å².